The number of Topliss-reactive ketones (excluding diaryl/α,β-unsaturated/α-hetero) is 1. The van der Waals surface area contributed by atoms with Gasteiger partial charge in [-0.1, -0.05) is 20.3 Å². The molecular formula is C18H28INO4. The van der Waals surface area contributed by atoms with Crippen molar-refractivity contribution in [3.63, 3.8) is 0 Å². The van der Waals surface area contributed by atoms with Crippen molar-refractivity contribution in [3.05, 3.63) is 11.8 Å². The Kier molecular flexibility index (Phi) is 5.31. The van der Waals surface area contributed by atoms with E-state index in [0.29, 0.717) is 37.9 Å². The molecule has 1 aliphatic heterocycles. The van der Waals surface area contributed by atoms with Crippen molar-refractivity contribution in [2.75, 3.05) is 6.54 Å². The number of halogens is 1. The Labute approximate surface area is 157 Å². The van der Waals surface area contributed by atoms with Crippen LogP contribution in [0.5, 0.6) is 0 Å². The minimum Gasteiger partial charge on any atom is -0.484 e. The van der Waals surface area contributed by atoms with Gasteiger partial charge in [-0.15, -0.1) is 0 Å². The molecule has 5 nitrogen and oxygen atoms in total. The van der Waals surface area contributed by atoms with Crippen LogP contribution in [0, 0.1) is 5.41 Å². The highest BCUT2D eigenvalue weighted by Crippen LogP contribution is 2.57. The first-order chi connectivity index (χ1) is 11.4. The van der Waals surface area contributed by atoms with E-state index in [2.05, 4.69) is 39.8 Å². The standard InChI is InChI=1S/C18H28INO4/c1-3-8-17-11-14-12(21)5-6-15(20(19)10-4-2)18(17,23)9-7-13(22)16(17)24-14/h11-12,15-16,21,23H,3-10H2,1-2H3/t12-,15?,16?,17?,18?/m0/s1. The Morgan fingerprint density at radius 1 is 1.38 bits per heavy atom. The van der Waals surface area contributed by atoms with Gasteiger partial charge in [0.1, 0.15) is 11.9 Å². The molecule has 136 valence electrons. The minimum atomic E-state index is -1.00. The number of ketones is 1. The summed E-state index contributed by atoms with van der Waals surface area (Å²) < 4.78 is 8.12. The van der Waals surface area contributed by atoms with Crippen LogP contribution < -0.4 is 0 Å². The molecule has 5 atom stereocenters. The molecule has 0 spiro atoms. The summed E-state index contributed by atoms with van der Waals surface area (Å²) in [7, 11) is 0. The molecule has 1 fully saturated rings. The molecule has 0 aromatic carbocycles. The third-order valence-electron chi connectivity index (χ3n) is 6.00. The fourth-order valence-corrected chi connectivity index (χ4v) is 6.13. The van der Waals surface area contributed by atoms with Crippen molar-refractivity contribution in [3.8, 4) is 0 Å². The topological polar surface area (TPSA) is 70.0 Å². The molecule has 4 unspecified atom stereocenters. The maximum Gasteiger partial charge on any atom is 0.174 e. The Morgan fingerprint density at radius 2 is 2.12 bits per heavy atom. The SMILES string of the molecule is CCCN(I)C1CC[C@H](O)C2=CC3(CCC)C(O2)C(=O)CCC13O. The van der Waals surface area contributed by atoms with Gasteiger partial charge in [0, 0.05) is 41.9 Å². The lowest BCUT2D eigenvalue weighted by molar-refractivity contribution is -0.177. The number of hydrogen-bond donors (Lipinski definition) is 2. The summed E-state index contributed by atoms with van der Waals surface area (Å²) in [4.78, 5) is 12.6. The molecule has 2 bridgehead atoms. The smallest absolute Gasteiger partial charge is 0.174 e. The number of rotatable bonds is 5. The summed E-state index contributed by atoms with van der Waals surface area (Å²) in [6.07, 6.45) is 5.20. The van der Waals surface area contributed by atoms with E-state index in [1.807, 2.05) is 6.08 Å². The molecule has 1 heterocycles. The van der Waals surface area contributed by atoms with Crippen LogP contribution in [0.4, 0.5) is 0 Å². The third-order valence-corrected chi connectivity index (χ3v) is 7.16. The molecule has 2 aliphatic carbocycles. The summed E-state index contributed by atoms with van der Waals surface area (Å²) in [6.45, 7) is 5.07. The molecule has 3 aliphatic rings. The maximum absolute atomic E-state index is 12.6. The first-order valence-corrected chi connectivity index (χ1v) is 10.1. The number of aliphatic hydroxyl groups is 2. The maximum atomic E-state index is 12.6. The quantitative estimate of drug-likeness (QED) is 0.499. The fraction of sp³-hybridized carbons (Fsp3) is 0.833. The number of hydrogen-bond acceptors (Lipinski definition) is 5. The second kappa shape index (κ2) is 6.85. The van der Waals surface area contributed by atoms with Gasteiger partial charge in [-0.25, -0.2) is 3.11 Å². The Balaban J connectivity index is 2.12. The van der Waals surface area contributed by atoms with E-state index >= 15 is 0 Å². The highest BCUT2D eigenvalue weighted by molar-refractivity contribution is 14.1. The first kappa shape index (κ1) is 18.6. The molecule has 1 saturated carbocycles. The molecule has 0 amide bonds. The molecule has 6 heteroatoms. The zero-order valence-corrected chi connectivity index (χ0v) is 16.7. The monoisotopic (exact) mass is 449 g/mol. The van der Waals surface area contributed by atoms with E-state index in [1.165, 1.54) is 0 Å². The van der Waals surface area contributed by atoms with Crippen molar-refractivity contribution in [1.29, 1.82) is 0 Å². The van der Waals surface area contributed by atoms with Crippen LogP contribution >= 0.6 is 22.9 Å². The van der Waals surface area contributed by atoms with Gasteiger partial charge in [-0.3, -0.25) is 4.79 Å². The van der Waals surface area contributed by atoms with Crippen molar-refractivity contribution in [1.82, 2.24) is 3.11 Å². The average molecular weight is 449 g/mol. The summed E-state index contributed by atoms with van der Waals surface area (Å²) in [5.41, 5.74) is -1.71. The highest BCUT2D eigenvalue weighted by atomic mass is 127. The van der Waals surface area contributed by atoms with Gasteiger partial charge in [0.05, 0.1) is 11.0 Å². The van der Waals surface area contributed by atoms with Gasteiger partial charge in [0.2, 0.25) is 0 Å². The molecule has 3 rings (SSSR count). The van der Waals surface area contributed by atoms with Crippen LogP contribution in [0.2, 0.25) is 0 Å². The predicted molar refractivity (Wildman–Crippen MR) is 99.5 cm³/mol. The molecule has 24 heavy (non-hydrogen) atoms. The number of ether oxygens (including phenoxy) is 1. The minimum absolute atomic E-state index is 0.0581. The lowest BCUT2D eigenvalue weighted by Gasteiger charge is -2.54. The van der Waals surface area contributed by atoms with Gasteiger partial charge < -0.3 is 14.9 Å². The normalized spacial score (nSPS) is 41.7. The van der Waals surface area contributed by atoms with E-state index in [0.717, 1.165) is 19.4 Å². The van der Waals surface area contributed by atoms with Crippen molar-refractivity contribution in [2.24, 2.45) is 5.41 Å². The summed E-state index contributed by atoms with van der Waals surface area (Å²) >= 11 is 2.30. The Hall–Kier alpha value is -0.180. The predicted octanol–water partition coefficient (Wildman–Crippen LogP) is 2.73. The van der Waals surface area contributed by atoms with Gasteiger partial charge in [0.25, 0.3) is 0 Å². The zero-order chi connectivity index (χ0) is 17.5. The van der Waals surface area contributed by atoms with Crippen LogP contribution in [-0.4, -0.2) is 49.5 Å². The van der Waals surface area contributed by atoms with Crippen molar-refractivity contribution < 1.29 is 19.7 Å². The van der Waals surface area contributed by atoms with Gasteiger partial charge in [0.15, 0.2) is 11.9 Å². The van der Waals surface area contributed by atoms with Crippen molar-refractivity contribution in [2.45, 2.75) is 82.6 Å². The number of carbonyl (C=O) groups excluding carboxylic acids is 1. The number of carbonyl (C=O) groups is 1. The van der Waals surface area contributed by atoms with Crippen LogP contribution in [0.25, 0.3) is 0 Å². The second-order valence-corrected chi connectivity index (χ2v) is 8.70. The Bertz CT molecular complexity index is 539. The first-order valence-electron chi connectivity index (χ1n) is 9.14. The average Bonchev–Trinajstić information content (AvgIpc) is 2.94. The summed E-state index contributed by atoms with van der Waals surface area (Å²) in [6, 6.07) is -0.0886. The summed E-state index contributed by atoms with van der Waals surface area (Å²) in [5.74, 6) is 0.554. The second-order valence-electron chi connectivity index (χ2n) is 7.46. The zero-order valence-electron chi connectivity index (χ0n) is 14.5. The van der Waals surface area contributed by atoms with Gasteiger partial charge >= 0.3 is 0 Å². The molecule has 2 N–H and O–H groups in total. The van der Waals surface area contributed by atoms with E-state index in [-0.39, 0.29) is 11.8 Å². The molecular weight excluding hydrogens is 421 g/mol. The highest BCUT2D eigenvalue weighted by Gasteiger charge is 2.66. The summed E-state index contributed by atoms with van der Waals surface area (Å²) in [5, 5.41) is 22.4. The van der Waals surface area contributed by atoms with E-state index in [9.17, 15) is 15.0 Å². The van der Waals surface area contributed by atoms with Crippen LogP contribution in [0.15, 0.2) is 11.8 Å². The van der Waals surface area contributed by atoms with Crippen LogP contribution in [0.3, 0.4) is 0 Å². The van der Waals surface area contributed by atoms with E-state index in [4.69, 9.17) is 4.74 Å². The van der Waals surface area contributed by atoms with Gasteiger partial charge in [-0.2, -0.15) is 0 Å². The lowest BCUT2D eigenvalue weighted by Crippen LogP contribution is -2.66. The molecule has 0 aromatic rings. The molecule has 0 radical (unpaired) electrons. The lowest BCUT2D eigenvalue weighted by atomic mass is 9.56. The van der Waals surface area contributed by atoms with Crippen molar-refractivity contribution >= 4 is 28.6 Å². The van der Waals surface area contributed by atoms with E-state index < -0.39 is 23.2 Å². The largest absolute Gasteiger partial charge is 0.484 e. The fourth-order valence-electron chi connectivity index (χ4n) is 4.91. The van der Waals surface area contributed by atoms with Crippen LogP contribution in [0.1, 0.15) is 58.8 Å². The Morgan fingerprint density at radius 3 is 2.79 bits per heavy atom. The molecule has 0 aromatic heterocycles. The third kappa shape index (κ3) is 2.64. The number of aliphatic hydroxyl groups excluding tert-OH is 1. The van der Waals surface area contributed by atoms with E-state index in [1.54, 1.807) is 0 Å². The number of nitrogens with zero attached hydrogens (tertiary/aromatic N) is 1. The molecule has 0 saturated heterocycles. The van der Waals surface area contributed by atoms with Crippen LogP contribution in [-0.2, 0) is 9.53 Å². The van der Waals surface area contributed by atoms with Gasteiger partial charge in [-0.05, 0) is 38.2 Å².